The van der Waals surface area contributed by atoms with Crippen molar-refractivity contribution in [1.29, 1.82) is 0 Å². The van der Waals surface area contributed by atoms with Crippen molar-refractivity contribution in [3.63, 3.8) is 0 Å². The molecule has 0 bridgehead atoms. The molecule has 1 aromatic rings. The topological polar surface area (TPSA) is 81.2 Å². The Bertz CT molecular complexity index is 521. The highest BCUT2D eigenvalue weighted by atomic mass is 16.6. The summed E-state index contributed by atoms with van der Waals surface area (Å²) >= 11 is 0. The van der Waals surface area contributed by atoms with Crippen LogP contribution in [-0.4, -0.2) is 21.1 Å². The number of hydrogen-bond donors (Lipinski definition) is 1. The van der Waals surface area contributed by atoms with Crippen LogP contribution >= 0.6 is 0 Å². The number of aromatic amines is 1. The number of carbonyl (C=O) groups is 1. The molecule has 17 heavy (non-hydrogen) atoms. The average Bonchev–Trinajstić information content (AvgIpc) is 2.14. The quantitative estimate of drug-likeness (QED) is 0.760. The molecule has 0 aliphatic rings. The molecule has 6 nitrogen and oxygen atoms in total. The average molecular weight is 240 g/mol. The Labute approximate surface area is 98.2 Å². The van der Waals surface area contributed by atoms with Crippen molar-refractivity contribution in [2.24, 2.45) is 0 Å². The second kappa shape index (κ2) is 4.57. The lowest BCUT2D eigenvalue weighted by molar-refractivity contribution is -0.158. The SMILES string of the molecule is CC(C(=O)OC(C)(C)C)n1ccc(=O)[nH]c1=O. The number of nitrogens with zero attached hydrogens (tertiary/aromatic N) is 1. The maximum absolute atomic E-state index is 11.7. The second-order valence-electron chi connectivity index (χ2n) is 4.73. The van der Waals surface area contributed by atoms with Gasteiger partial charge in [-0.1, -0.05) is 0 Å². The third-order valence-electron chi connectivity index (χ3n) is 2.02. The van der Waals surface area contributed by atoms with Crippen molar-refractivity contribution in [3.8, 4) is 0 Å². The zero-order valence-electron chi connectivity index (χ0n) is 10.3. The number of rotatable bonds is 2. The van der Waals surface area contributed by atoms with Gasteiger partial charge < -0.3 is 4.74 Å². The zero-order chi connectivity index (χ0) is 13.2. The monoisotopic (exact) mass is 240 g/mol. The van der Waals surface area contributed by atoms with E-state index < -0.39 is 28.9 Å². The Morgan fingerprint density at radius 3 is 2.47 bits per heavy atom. The molecule has 0 amide bonds. The molecule has 0 spiro atoms. The summed E-state index contributed by atoms with van der Waals surface area (Å²) in [5.41, 5.74) is -1.74. The van der Waals surface area contributed by atoms with Crippen molar-refractivity contribution in [2.45, 2.75) is 39.3 Å². The zero-order valence-corrected chi connectivity index (χ0v) is 10.3. The fourth-order valence-electron chi connectivity index (χ4n) is 1.23. The Morgan fingerprint density at radius 1 is 1.41 bits per heavy atom. The van der Waals surface area contributed by atoms with Gasteiger partial charge in [-0.15, -0.1) is 0 Å². The largest absolute Gasteiger partial charge is 0.458 e. The lowest BCUT2D eigenvalue weighted by Gasteiger charge is -2.22. The summed E-state index contributed by atoms with van der Waals surface area (Å²) in [6.07, 6.45) is 1.27. The maximum atomic E-state index is 11.7. The fourth-order valence-corrected chi connectivity index (χ4v) is 1.23. The van der Waals surface area contributed by atoms with Crippen LogP contribution in [0.1, 0.15) is 33.7 Å². The first-order chi connectivity index (χ1) is 7.70. The third-order valence-corrected chi connectivity index (χ3v) is 2.02. The fraction of sp³-hybridized carbons (Fsp3) is 0.545. The lowest BCUT2D eigenvalue weighted by atomic mass is 10.2. The molecule has 6 heteroatoms. The van der Waals surface area contributed by atoms with E-state index in [1.165, 1.54) is 19.2 Å². The molecular weight excluding hydrogens is 224 g/mol. The van der Waals surface area contributed by atoms with Gasteiger partial charge in [-0.05, 0) is 27.7 Å². The summed E-state index contributed by atoms with van der Waals surface area (Å²) < 4.78 is 6.27. The van der Waals surface area contributed by atoms with Crippen LogP contribution < -0.4 is 11.2 Å². The molecule has 0 saturated heterocycles. The molecule has 0 fully saturated rings. The summed E-state index contributed by atoms with van der Waals surface area (Å²) in [6, 6.07) is 0.404. The molecule has 94 valence electrons. The van der Waals surface area contributed by atoms with E-state index in [0.29, 0.717) is 0 Å². The van der Waals surface area contributed by atoms with Gasteiger partial charge in [0.05, 0.1) is 0 Å². The molecule has 1 N–H and O–H groups in total. The van der Waals surface area contributed by atoms with Crippen LogP contribution in [0.4, 0.5) is 0 Å². The highest BCUT2D eigenvalue weighted by molar-refractivity contribution is 5.74. The lowest BCUT2D eigenvalue weighted by Crippen LogP contribution is -2.36. The highest BCUT2D eigenvalue weighted by Crippen LogP contribution is 2.12. The van der Waals surface area contributed by atoms with Gasteiger partial charge in [0.1, 0.15) is 11.6 Å². The van der Waals surface area contributed by atoms with Crippen LogP contribution in [0.5, 0.6) is 0 Å². The summed E-state index contributed by atoms with van der Waals surface area (Å²) in [5.74, 6) is -0.522. The molecule has 0 aromatic carbocycles. The molecule has 0 radical (unpaired) electrons. The minimum Gasteiger partial charge on any atom is -0.458 e. The van der Waals surface area contributed by atoms with Gasteiger partial charge in [0, 0.05) is 12.3 Å². The molecular formula is C11H16N2O4. The highest BCUT2D eigenvalue weighted by Gasteiger charge is 2.23. The van der Waals surface area contributed by atoms with Gasteiger partial charge in [-0.25, -0.2) is 9.59 Å². The Hall–Kier alpha value is -1.85. The Morgan fingerprint density at radius 2 is 2.00 bits per heavy atom. The number of aromatic nitrogens is 2. The van der Waals surface area contributed by atoms with Crippen molar-refractivity contribution >= 4 is 5.97 Å². The normalized spacial score (nSPS) is 13.2. The minimum atomic E-state index is -0.779. The first-order valence-electron chi connectivity index (χ1n) is 5.25. The van der Waals surface area contributed by atoms with Crippen molar-refractivity contribution in [2.75, 3.05) is 0 Å². The van der Waals surface area contributed by atoms with E-state index in [1.54, 1.807) is 20.8 Å². The van der Waals surface area contributed by atoms with Crippen LogP contribution in [0.3, 0.4) is 0 Å². The van der Waals surface area contributed by atoms with E-state index in [-0.39, 0.29) is 0 Å². The predicted molar refractivity (Wildman–Crippen MR) is 61.9 cm³/mol. The van der Waals surface area contributed by atoms with Crippen molar-refractivity contribution < 1.29 is 9.53 Å². The second-order valence-corrected chi connectivity index (χ2v) is 4.73. The van der Waals surface area contributed by atoms with Gasteiger partial charge in [0.25, 0.3) is 5.56 Å². The summed E-state index contributed by atoms with van der Waals surface area (Å²) in [4.78, 5) is 36.1. The predicted octanol–water partition coefficient (Wildman–Crippen LogP) is 0.439. The molecule has 0 saturated carbocycles. The first-order valence-corrected chi connectivity index (χ1v) is 5.25. The van der Waals surface area contributed by atoms with E-state index in [4.69, 9.17) is 4.74 Å². The van der Waals surface area contributed by atoms with Crippen LogP contribution in [0.15, 0.2) is 21.9 Å². The molecule has 1 heterocycles. The van der Waals surface area contributed by atoms with Crippen LogP contribution in [0.25, 0.3) is 0 Å². The van der Waals surface area contributed by atoms with Gasteiger partial charge in [-0.3, -0.25) is 14.3 Å². The van der Waals surface area contributed by atoms with Gasteiger partial charge in [0.15, 0.2) is 0 Å². The van der Waals surface area contributed by atoms with E-state index >= 15 is 0 Å². The van der Waals surface area contributed by atoms with Crippen LogP contribution in [0.2, 0.25) is 0 Å². The third kappa shape index (κ3) is 3.58. The number of nitrogens with one attached hydrogen (secondary N) is 1. The number of hydrogen-bond acceptors (Lipinski definition) is 4. The number of ether oxygens (including phenoxy) is 1. The van der Waals surface area contributed by atoms with E-state index in [2.05, 4.69) is 4.98 Å². The van der Waals surface area contributed by atoms with E-state index in [9.17, 15) is 14.4 Å². The summed E-state index contributed by atoms with van der Waals surface area (Å²) in [5, 5.41) is 0. The van der Waals surface area contributed by atoms with Crippen LogP contribution in [-0.2, 0) is 9.53 Å². The number of carbonyl (C=O) groups excluding carboxylic acids is 1. The van der Waals surface area contributed by atoms with Gasteiger partial charge >= 0.3 is 11.7 Å². The molecule has 1 aromatic heterocycles. The molecule has 1 rings (SSSR count). The van der Waals surface area contributed by atoms with Crippen molar-refractivity contribution in [3.05, 3.63) is 33.1 Å². The van der Waals surface area contributed by atoms with Gasteiger partial charge in [0.2, 0.25) is 0 Å². The molecule has 0 aliphatic carbocycles. The number of esters is 1. The minimum absolute atomic E-state index is 0.498. The smallest absolute Gasteiger partial charge is 0.329 e. The molecule has 0 aliphatic heterocycles. The maximum Gasteiger partial charge on any atom is 0.329 e. The number of H-pyrrole nitrogens is 1. The first kappa shape index (κ1) is 13.2. The van der Waals surface area contributed by atoms with Gasteiger partial charge in [-0.2, -0.15) is 0 Å². The molecule has 1 atom stereocenters. The van der Waals surface area contributed by atoms with E-state index in [0.717, 1.165) is 4.57 Å². The Kier molecular flexibility index (Phi) is 3.55. The molecule has 1 unspecified atom stereocenters. The van der Waals surface area contributed by atoms with Crippen molar-refractivity contribution in [1.82, 2.24) is 9.55 Å². The standard InChI is InChI=1S/C11H16N2O4/c1-7(9(15)17-11(2,3)4)13-6-5-8(14)12-10(13)16/h5-7H,1-4H3,(H,12,14,16). The summed E-state index contributed by atoms with van der Waals surface area (Å²) in [7, 11) is 0. The van der Waals surface area contributed by atoms with Crippen LogP contribution in [0, 0.1) is 0 Å². The van der Waals surface area contributed by atoms with E-state index in [1.807, 2.05) is 0 Å². The summed E-state index contributed by atoms with van der Waals surface area (Å²) in [6.45, 7) is 6.77. The Balaban J connectivity index is 2.97.